The minimum absolute atomic E-state index is 0.0382. The summed E-state index contributed by atoms with van der Waals surface area (Å²) < 4.78 is 0. The molecule has 1 heterocycles. The molecule has 0 aliphatic heterocycles. The van der Waals surface area contributed by atoms with Crippen LogP contribution in [0, 0.1) is 0 Å². The Kier molecular flexibility index (Phi) is 3.38. The van der Waals surface area contributed by atoms with Crippen molar-refractivity contribution < 1.29 is 0 Å². The highest BCUT2D eigenvalue weighted by Crippen LogP contribution is 2.34. The fraction of sp³-hybridized carbons (Fsp3) is 0.471. The van der Waals surface area contributed by atoms with Gasteiger partial charge in [-0.05, 0) is 29.2 Å². The minimum Gasteiger partial charge on any atom is -0.252 e. The highest BCUT2D eigenvalue weighted by atomic mass is 35.5. The lowest BCUT2D eigenvalue weighted by Gasteiger charge is -2.26. The van der Waals surface area contributed by atoms with Crippen LogP contribution in [0.25, 0.3) is 10.9 Å². The Morgan fingerprint density at radius 2 is 1.53 bits per heavy atom. The SMILES string of the molecule is CC(C)(C)c1cc(C(C)(C)C)c2ccc(Cl)cc2n1. The maximum atomic E-state index is 6.11. The Hall–Kier alpha value is -1.08. The van der Waals surface area contributed by atoms with E-state index in [1.165, 1.54) is 10.9 Å². The summed E-state index contributed by atoms with van der Waals surface area (Å²) in [6, 6.07) is 8.23. The van der Waals surface area contributed by atoms with E-state index in [0.29, 0.717) is 0 Å². The third-order valence-electron chi connectivity index (χ3n) is 3.35. The van der Waals surface area contributed by atoms with Gasteiger partial charge < -0.3 is 0 Å². The standard InChI is InChI=1S/C17H22ClN/c1-16(2,3)13-10-15(17(4,5)6)19-14-9-11(18)7-8-12(13)14/h7-10H,1-6H3. The van der Waals surface area contributed by atoms with Crippen LogP contribution >= 0.6 is 11.6 Å². The molecule has 0 spiro atoms. The zero-order valence-electron chi connectivity index (χ0n) is 12.6. The summed E-state index contributed by atoms with van der Waals surface area (Å²) in [7, 11) is 0. The molecule has 0 N–H and O–H groups in total. The Balaban J connectivity index is 2.84. The van der Waals surface area contributed by atoms with Gasteiger partial charge in [0, 0.05) is 21.5 Å². The molecule has 102 valence electrons. The van der Waals surface area contributed by atoms with Crippen LogP contribution in [0.1, 0.15) is 52.8 Å². The smallest absolute Gasteiger partial charge is 0.0723 e. The van der Waals surface area contributed by atoms with Crippen molar-refractivity contribution in [2.75, 3.05) is 0 Å². The summed E-state index contributed by atoms with van der Waals surface area (Å²) in [6.45, 7) is 13.3. The third-order valence-corrected chi connectivity index (χ3v) is 3.58. The Bertz CT molecular complexity index is 615. The van der Waals surface area contributed by atoms with Gasteiger partial charge in [0.05, 0.1) is 5.52 Å². The van der Waals surface area contributed by atoms with E-state index in [9.17, 15) is 0 Å². The maximum absolute atomic E-state index is 6.11. The van der Waals surface area contributed by atoms with Gasteiger partial charge in [-0.25, -0.2) is 0 Å². The first-order chi connectivity index (χ1) is 8.59. The van der Waals surface area contributed by atoms with Crippen LogP contribution in [0.15, 0.2) is 24.3 Å². The molecule has 0 unspecified atom stereocenters. The summed E-state index contributed by atoms with van der Waals surface area (Å²) >= 11 is 6.11. The van der Waals surface area contributed by atoms with Gasteiger partial charge in [-0.3, -0.25) is 4.98 Å². The average Bonchev–Trinajstić information content (AvgIpc) is 2.24. The van der Waals surface area contributed by atoms with Crippen LogP contribution in [0.2, 0.25) is 5.02 Å². The minimum atomic E-state index is 0.0382. The lowest BCUT2D eigenvalue weighted by atomic mass is 9.81. The van der Waals surface area contributed by atoms with Gasteiger partial charge in [0.1, 0.15) is 0 Å². The van der Waals surface area contributed by atoms with Gasteiger partial charge in [-0.2, -0.15) is 0 Å². The molecule has 2 heteroatoms. The molecule has 0 saturated heterocycles. The molecular formula is C17H22ClN. The fourth-order valence-electron chi connectivity index (χ4n) is 2.21. The topological polar surface area (TPSA) is 12.9 Å². The first kappa shape index (κ1) is 14.3. The van der Waals surface area contributed by atoms with Crippen LogP contribution in [-0.2, 0) is 10.8 Å². The second-order valence-corrected chi connectivity index (χ2v) is 7.65. The van der Waals surface area contributed by atoms with E-state index in [1.807, 2.05) is 12.1 Å². The van der Waals surface area contributed by atoms with Crippen LogP contribution < -0.4 is 0 Å². The van der Waals surface area contributed by atoms with Crippen molar-refractivity contribution >= 4 is 22.5 Å². The van der Waals surface area contributed by atoms with Crippen molar-refractivity contribution in [1.29, 1.82) is 0 Å². The molecule has 1 aromatic carbocycles. The molecular weight excluding hydrogens is 254 g/mol. The van der Waals surface area contributed by atoms with Gasteiger partial charge in [-0.15, -0.1) is 0 Å². The Morgan fingerprint density at radius 1 is 0.895 bits per heavy atom. The summed E-state index contributed by atoms with van der Waals surface area (Å²) in [6.07, 6.45) is 0. The van der Waals surface area contributed by atoms with E-state index in [4.69, 9.17) is 16.6 Å². The second kappa shape index (κ2) is 4.49. The van der Waals surface area contributed by atoms with E-state index in [2.05, 4.69) is 53.7 Å². The number of nitrogens with zero attached hydrogens (tertiary/aromatic N) is 1. The molecule has 0 saturated carbocycles. The van der Waals surface area contributed by atoms with Gasteiger partial charge in [-0.1, -0.05) is 59.2 Å². The van der Waals surface area contributed by atoms with E-state index >= 15 is 0 Å². The molecule has 0 aliphatic carbocycles. The van der Waals surface area contributed by atoms with Crippen LogP contribution in [0.4, 0.5) is 0 Å². The number of halogens is 1. The highest BCUT2D eigenvalue weighted by molar-refractivity contribution is 6.31. The van der Waals surface area contributed by atoms with Crippen molar-refractivity contribution in [3.8, 4) is 0 Å². The van der Waals surface area contributed by atoms with Gasteiger partial charge in [0.25, 0.3) is 0 Å². The predicted molar refractivity (Wildman–Crippen MR) is 84.2 cm³/mol. The summed E-state index contributed by atoms with van der Waals surface area (Å²) in [4.78, 5) is 4.80. The number of hydrogen-bond donors (Lipinski definition) is 0. The number of benzene rings is 1. The fourth-order valence-corrected chi connectivity index (χ4v) is 2.37. The first-order valence-electron chi connectivity index (χ1n) is 6.70. The van der Waals surface area contributed by atoms with Gasteiger partial charge >= 0.3 is 0 Å². The summed E-state index contributed by atoms with van der Waals surface area (Å²) in [5.74, 6) is 0. The lowest BCUT2D eigenvalue weighted by Crippen LogP contribution is -2.18. The summed E-state index contributed by atoms with van der Waals surface area (Å²) in [5.41, 5.74) is 3.57. The van der Waals surface area contributed by atoms with Gasteiger partial charge in [0.15, 0.2) is 0 Å². The van der Waals surface area contributed by atoms with Crippen LogP contribution in [0.3, 0.4) is 0 Å². The molecule has 0 fully saturated rings. The molecule has 2 aromatic rings. The average molecular weight is 276 g/mol. The molecule has 0 bridgehead atoms. The molecule has 0 amide bonds. The predicted octanol–water partition coefficient (Wildman–Crippen LogP) is 5.48. The monoisotopic (exact) mass is 275 g/mol. The van der Waals surface area contributed by atoms with Crippen molar-refractivity contribution in [3.05, 3.63) is 40.5 Å². The third kappa shape index (κ3) is 2.92. The number of aromatic nitrogens is 1. The van der Waals surface area contributed by atoms with Crippen molar-refractivity contribution in [3.63, 3.8) is 0 Å². The second-order valence-electron chi connectivity index (χ2n) is 7.22. The molecule has 19 heavy (non-hydrogen) atoms. The van der Waals surface area contributed by atoms with E-state index in [-0.39, 0.29) is 10.8 Å². The highest BCUT2D eigenvalue weighted by Gasteiger charge is 2.23. The van der Waals surface area contributed by atoms with E-state index in [0.717, 1.165) is 16.2 Å². The Labute approximate surface area is 121 Å². The zero-order valence-corrected chi connectivity index (χ0v) is 13.4. The molecule has 1 nitrogen and oxygen atoms in total. The number of hydrogen-bond acceptors (Lipinski definition) is 1. The lowest BCUT2D eigenvalue weighted by molar-refractivity contribution is 0.558. The van der Waals surface area contributed by atoms with E-state index in [1.54, 1.807) is 0 Å². The zero-order chi connectivity index (χ0) is 14.4. The van der Waals surface area contributed by atoms with E-state index < -0.39 is 0 Å². The normalized spacial score (nSPS) is 13.0. The summed E-state index contributed by atoms with van der Waals surface area (Å²) in [5, 5.41) is 1.94. The molecule has 0 aliphatic rings. The quantitative estimate of drug-likeness (QED) is 0.620. The molecule has 1 aromatic heterocycles. The van der Waals surface area contributed by atoms with Crippen LogP contribution in [0.5, 0.6) is 0 Å². The number of fused-ring (bicyclic) bond motifs is 1. The largest absolute Gasteiger partial charge is 0.252 e. The van der Waals surface area contributed by atoms with Crippen molar-refractivity contribution in [2.24, 2.45) is 0 Å². The Morgan fingerprint density at radius 3 is 2.05 bits per heavy atom. The molecule has 0 atom stereocenters. The first-order valence-corrected chi connectivity index (χ1v) is 7.08. The molecule has 0 radical (unpaired) electrons. The number of rotatable bonds is 0. The number of pyridine rings is 1. The van der Waals surface area contributed by atoms with Crippen molar-refractivity contribution in [2.45, 2.75) is 52.4 Å². The maximum Gasteiger partial charge on any atom is 0.0723 e. The molecule has 2 rings (SSSR count). The van der Waals surface area contributed by atoms with Crippen molar-refractivity contribution in [1.82, 2.24) is 4.98 Å². The van der Waals surface area contributed by atoms with Crippen LogP contribution in [-0.4, -0.2) is 4.98 Å². The van der Waals surface area contributed by atoms with Gasteiger partial charge in [0.2, 0.25) is 0 Å².